The van der Waals surface area contributed by atoms with Crippen LogP contribution in [-0.4, -0.2) is 60.9 Å². The van der Waals surface area contributed by atoms with E-state index < -0.39 is 0 Å². The van der Waals surface area contributed by atoms with Crippen LogP contribution in [0.4, 0.5) is 0 Å². The summed E-state index contributed by atoms with van der Waals surface area (Å²) in [4.78, 5) is 27.6. The van der Waals surface area contributed by atoms with Crippen molar-refractivity contribution < 1.29 is 9.59 Å². The van der Waals surface area contributed by atoms with Crippen molar-refractivity contribution in [3.8, 4) is 0 Å². The predicted octanol–water partition coefficient (Wildman–Crippen LogP) is 0.845. The van der Waals surface area contributed by atoms with Gasteiger partial charge in [0.1, 0.15) is 0 Å². The lowest BCUT2D eigenvalue weighted by Gasteiger charge is -2.26. The zero-order chi connectivity index (χ0) is 14.3. The molecule has 0 aromatic heterocycles. The van der Waals surface area contributed by atoms with Crippen molar-refractivity contribution in [1.29, 1.82) is 0 Å². The summed E-state index contributed by atoms with van der Waals surface area (Å²) >= 11 is 0. The molecule has 5 nitrogen and oxygen atoms in total. The molecule has 0 spiro atoms. The van der Waals surface area contributed by atoms with Crippen LogP contribution in [0.25, 0.3) is 0 Å². The molecule has 1 saturated heterocycles. The molecule has 0 radical (unpaired) electrons. The van der Waals surface area contributed by atoms with E-state index in [9.17, 15) is 9.59 Å². The van der Waals surface area contributed by atoms with Crippen LogP contribution in [0.2, 0.25) is 0 Å². The fraction of sp³-hybridized carbons (Fsp3) is 0.857. The summed E-state index contributed by atoms with van der Waals surface area (Å²) in [6.45, 7) is 6.37. The second-order valence-corrected chi connectivity index (χ2v) is 5.12. The Morgan fingerprint density at radius 1 is 1.16 bits per heavy atom. The van der Waals surface area contributed by atoms with Gasteiger partial charge in [0.15, 0.2) is 0 Å². The van der Waals surface area contributed by atoms with Crippen molar-refractivity contribution in [2.75, 3.05) is 33.2 Å². The molecule has 19 heavy (non-hydrogen) atoms. The number of likely N-dealkylation sites (N-methyl/N-ethyl adjacent to an activating group) is 2. The lowest BCUT2D eigenvalue weighted by Crippen LogP contribution is -2.48. The van der Waals surface area contributed by atoms with E-state index in [-0.39, 0.29) is 24.4 Å². The molecule has 110 valence electrons. The van der Waals surface area contributed by atoms with Gasteiger partial charge in [-0.25, -0.2) is 0 Å². The molecule has 1 aliphatic heterocycles. The molecule has 1 fully saturated rings. The summed E-state index contributed by atoms with van der Waals surface area (Å²) in [5, 5.41) is 3.28. The van der Waals surface area contributed by atoms with Crippen LogP contribution < -0.4 is 5.32 Å². The number of hydrogen-bond acceptors (Lipinski definition) is 3. The topological polar surface area (TPSA) is 52.7 Å². The van der Waals surface area contributed by atoms with Gasteiger partial charge >= 0.3 is 0 Å². The molecular formula is C14H27N3O2. The maximum Gasteiger partial charge on any atom is 0.242 e. The molecule has 5 heteroatoms. The van der Waals surface area contributed by atoms with Crippen LogP contribution >= 0.6 is 0 Å². The van der Waals surface area contributed by atoms with Crippen molar-refractivity contribution in [3.63, 3.8) is 0 Å². The minimum atomic E-state index is -0.114. The SMILES string of the molecule is CCN(CC)C(=O)CN(C)C(=O)C1CCCCCN1. The fourth-order valence-electron chi connectivity index (χ4n) is 2.46. The molecule has 1 aliphatic rings. The van der Waals surface area contributed by atoms with Crippen LogP contribution in [0, 0.1) is 0 Å². The lowest BCUT2D eigenvalue weighted by molar-refractivity contribution is -0.140. The molecule has 0 bridgehead atoms. The van der Waals surface area contributed by atoms with E-state index in [1.807, 2.05) is 13.8 Å². The normalized spacial score (nSPS) is 19.6. The van der Waals surface area contributed by atoms with Gasteiger partial charge in [0, 0.05) is 20.1 Å². The molecule has 0 aromatic carbocycles. The summed E-state index contributed by atoms with van der Waals surface area (Å²) < 4.78 is 0. The maximum atomic E-state index is 12.3. The van der Waals surface area contributed by atoms with Crippen LogP contribution in [-0.2, 0) is 9.59 Å². The Hall–Kier alpha value is -1.10. The van der Waals surface area contributed by atoms with Gasteiger partial charge in [-0.15, -0.1) is 0 Å². The molecule has 1 N–H and O–H groups in total. The van der Waals surface area contributed by atoms with Crippen molar-refractivity contribution >= 4 is 11.8 Å². The van der Waals surface area contributed by atoms with Crippen molar-refractivity contribution in [2.45, 2.75) is 45.6 Å². The van der Waals surface area contributed by atoms with Crippen molar-refractivity contribution in [1.82, 2.24) is 15.1 Å². The summed E-state index contributed by atoms with van der Waals surface area (Å²) in [6, 6.07) is -0.114. The monoisotopic (exact) mass is 269 g/mol. The number of nitrogens with one attached hydrogen (secondary N) is 1. The van der Waals surface area contributed by atoms with Gasteiger partial charge in [-0.2, -0.15) is 0 Å². The van der Waals surface area contributed by atoms with Crippen molar-refractivity contribution in [3.05, 3.63) is 0 Å². The highest BCUT2D eigenvalue weighted by Crippen LogP contribution is 2.10. The predicted molar refractivity (Wildman–Crippen MR) is 75.8 cm³/mol. The highest BCUT2D eigenvalue weighted by atomic mass is 16.2. The first-order valence-electron chi connectivity index (χ1n) is 7.36. The zero-order valence-electron chi connectivity index (χ0n) is 12.4. The van der Waals surface area contributed by atoms with E-state index in [2.05, 4.69) is 5.32 Å². The standard InChI is InChI=1S/C14H27N3O2/c1-4-17(5-2)13(18)11-16(3)14(19)12-9-7-6-8-10-15-12/h12,15H,4-11H2,1-3H3. The molecule has 2 amide bonds. The van der Waals surface area contributed by atoms with Gasteiger partial charge < -0.3 is 15.1 Å². The van der Waals surface area contributed by atoms with E-state index in [4.69, 9.17) is 0 Å². The van der Waals surface area contributed by atoms with E-state index >= 15 is 0 Å². The molecule has 0 aromatic rings. The highest BCUT2D eigenvalue weighted by Gasteiger charge is 2.24. The Morgan fingerprint density at radius 3 is 2.47 bits per heavy atom. The molecule has 1 atom stereocenters. The van der Waals surface area contributed by atoms with Crippen LogP contribution in [0.5, 0.6) is 0 Å². The average molecular weight is 269 g/mol. The molecule has 1 heterocycles. The molecule has 1 rings (SSSR count). The third-order valence-corrected chi connectivity index (χ3v) is 3.72. The summed E-state index contributed by atoms with van der Waals surface area (Å²) in [5.74, 6) is 0.0666. The molecule has 1 unspecified atom stereocenters. The van der Waals surface area contributed by atoms with Gasteiger partial charge in [0.05, 0.1) is 12.6 Å². The minimum absolute atomic E-state index is 0.0227. The smallest absolute Gasteiger partial charge is 0.242 e. The van der Waals surface area contributed by atoms with E-state index in [0.29, 0.717) is 13.1 Å². The second-order valence-electron chi connectivity index (χ2n) is 5.12. The Morgan fingerprint density at radius 2 is 1.84 bits per heavy atom. The number of nitrogens with zero attached hydrogens (tertiary/aromatic N) is 2. The fourth-order valence-corrected chi connectivity index (χ4v) is 2.46. The maximum absolute atomic E-state index is 12.3. The third kappa shape index (κ3) is 4.82. The number of rotatable bonds is 5. The Kier molecular flexibility index (Phi) is 6.84. The molecule has 0 aliphatic carbocycles. The number of hydrogen-bond donors (Lipinski definition) is 1. The third-order valence-electron chi connectivity index (χ3n) is 3.72. The Bertz CT molecular complexity index is 295. The van der Waals surface area contributed by atoms with Crippen LogP contribution in [0.1, 0.15) is 39.5 Å². The van der Waals surface area contributed by atoms with Gasteiger partial charge in [-0.3, -0.25) is 9.59 Å². The number of carbonyl (C=O) groups excluding carboxylic acids is 2. The summed E-state index contributed by atoms with van der Waals surface area (Å²) in [5.41, 5.74) is 0. The average Bonchev–Trinajstić information content (AvgIpc) is 2.68. The summed E-state index contributed by atoms with van der Waals surface area (Å²) in [6.07, 6.45) is 4.27. The first-order valence-corrected chi connectivity index (χ1v) is 7.36. The lowest BCUT2D eigenvalue weighted by atomic mass is 10.1. The van der Waals surface area contributed by atoms with Crippen LogP contribution in [0.3, 0.4) is 0 Å². The first kappa shape index (κ1) is 16.0. The number of amides is 2. The highest BCUT2D eigenvalue weighted by molar-refractivity contribution is 5.87. The molecular weight excluding hydrogens is 242 g/mol. The zero-order valence-corrected chi connectivity index (χ0v) is 12.4. The Labute approximate surface area is 116 Å². The van der Waals surface area contributed by atoms with E-state index in [1.54, 1.807) is 16.8 Å². The second kappa shape index (κ2) is 8.15. The molecule has 0 saturated carbocycles. The van der Waals surface area contributed by atoms with Gasteiger partial charge in [-0.1, -0.05) is 12.8 Å². The van der Waals surface area contributed by atoms with Gasteiger partial charge in [-0.05, 0) is 33.2 Å². The van der Waals surface area contributed by atoms with Gasteiger partial charge in [0.2, 0.25) is 11.8 Å². The van der Waals surface area contributed by atoms with Crippen molar-refractivity contribution in [2.24, 2.45) is 0 Å². The van der Waals surface area contributed by atoms with E-state index in [0.717, 1.165) is 25.8 Å². The van der Waals surface area contributed by atoms with E-state index in [1.165, 1.54) is 6.42 Å². The first-order chi connectivity index (χ1) is 9.10. The summed E-state index contributed by atoms with van der Waals surface area (Å²) in [7, 11) is 1.72. The minimum Gasteiger partial charge on any atom is -0.342 e. The van der Waals surface area contributed by atoms with Gasteiger partial charge in [0.25, 0.3) is 0 Å². The Balaban J connectivity index is 2.49. The quantitative estimate of drug-likeness (QED) is 0.805. The number of carbonyl (C=O) groups is 2. The largest absolute Gasteiger partial charge is 0.342 e. The van der Waals surface area contributed by atoms with Crippen LogP contribution in [0.15, 0.2) is 0 Å².